The second-order valence-corrected chi connectivity index (χ2v) is 14.0. The summed E-state index contributed by atoms with van der Waals surface area (Å²) in [6.45, 7) is 26.6. The van der Waals surface area contributed by atoms with Gasteiger partial charge in [0.05, 0.1) is 0 Å². The molecule has 4 N–H and O–H groups in total. The van der Waals surface area contributed by atoms with Gasteiger partial charge in [0.2, 0.25) is 0 Å². The number of benzene rings is 2. The summed E-state index contributed by atoms with van der Waals surface area (Å²) in [4.78, 5) is 0. The summed E-state index contributed by atoms with van der Waals surface area (Å²) in [6, 6.07) is 8.34. The van der Waals surface area contributed by atoms with Crippen LogP contribution in [-0.4, -0.2) is 15.2 Å². The minimum absolute atomic E-state index is 0.181. The molecular weight excluding hydrogens is 420 g/mol. The van der Waals surface area contributed by atoms with Crippen molar-refractivity contribution in [3.8, 4) is 11.5 Å². The van der Waals surface area contributed by atoms with Crippen LogP contribution in [0.3, 0.4) is 0 Å². The van der Waals surface area contributed by atoms with Gasteiger partial charge in [-0.05, 0) is 55.0 Å². The monoisotopic (exact) mass is 468 g/mol. The van der Waals surface area contributed by atoms with Gasteiger partial charge in [0.25, 0.3) is 0 Å². The van der Waals surface area contributed by atoms with Gasteiger partial charge < -0.3 is 10.2 Å². The number of rotatable bonds is 4. The highest BCUT2D eigenvalue weighted by atomic mass is 16.3. The lowest BCUT2D eigenvalue weighted by Gasteiger charge is -2.30. The van der Waals surface area contributed by atoms with Crippen LogP contribution < -0.4 is 5.84 Å². The summed E-state index contributed by atoms with van der Waals surface area (Å²) in [5.74, 6) is 7.33. The molecule has 0 heterocycles. The zero-order chi connectivity index (χ0) is 26.4. The minimum atomic E-state index is -0.181. The molecule has 0 unspecified atom stereocenters. The Labute approximate surface area is 208 Å². The molecule has 0 aliphatic heterocycles. The third-order valence-corrected chi connectivity index (χ3v) is 6.34. The molecule has 2 aromatic rings. The van der Waals surface area contributed by atoms with Gasteiger partial charge in [0.1, 0.15) is 11.5 Å². The Balaban J connectivity index is 2.48. The van der Waals surface area contributed by atoms with Gasteiger partial charge in [-0.2, -0.15) is 0 Å². The highest BCUT2D eigenvalue weighted by molar-refractivity contribution is 5.51. The number of hydrazine groups is 1. The molecule has 0 saturated heterocycles. The summed E-state index contributed by atoms with van der Waals surface area (Å²) >= 11 is 0. The number of nitrogens with two attached hydrogens (primary N) is 1. The molecule has 0 radical (unpaired) electrons. The van der Waals surface area contributed by atoms with Crippen LogP contribution >= 0.6 is 0 Å². The summed E-state index contributed by atoms with van der Waals surface area (Å²) < 4.78 is 0. The number of hydrogen-bond acceptors (Lipinski definition) is 4. The van der Waals surface area contributed by atoms with Crippen molar-refractivity contribution < 1.29 is 10.2 Å². The standard InChI is InChI=1S/C30H48N2O2/c1-27(2,3)21-13-19(14-22(25(21)33)28(4,5)6)17-32(31)18-20-15-23(29(7,8)9)26(34)24(16-20)30(10,11)12/h13-16,33-34H,17-18,31H2,1-12H3. The maximum atomic E-state index is 11.0. The second kappa shape index (κ2) is 9.20. The molecule has 0 aromatic heterocycles. The second-order valence-electron chi connectivity index (χ2n) is 14.0. The largest absolute Gasteiger partial charge is 0.507 e. The van der Waals surface area contributed by atoms with Gasteiger partial charge in [-0.25, -0.2) is 5.01 Å². The molecular formula is C30H48N2O2. The van der Waals surface area contributed by atoms with Crippen LogP contribution in [0.2, 0.25) is 0 Å². The van der Waals surface area contributed by atoms with E-state index in [1.165, 1.54) is 0 Å². The topological polar surface area (TPSA) is 69.7 Å². The van der Waals surface area contributed by atoms with E-state index in [1.807, 2.05) is 5.01 Å². The molecule has 4 heteroatoms. The quantitative estimate of drug-likeness (QED) is 0.329. The summed E-state index contributed by atoms with van der Waals surface area (Å²) in [7, 11) is 0. The Kier molecular flexibility index (Phi) is 7.63. The van der Waals surface area contributed by atoms with E-state index in [2.05, 4.69) is 107 Å². The van der Waals surface area contributed by atoms with E-state index in [0.717, 1.165) is 33.4 Å². The zero-order valence-corrected chi connectivity index (χ0v) is 23.6. The van der Waals surface area contributed by atoms with Crippen LogP contribution in [0.5, 0.6) is 11.5 Å². The molecule has 0 saturated carbocycles. The maximum absolute atomic E-state index is 11.0. The lowest BCUT2D eigenvalue weighted by atomic mass is 9.78. The van der Waals surface area contributed by atoms with Crippen LogP contribution in [0.1, 0.15) is 116 Å². The Morgan fingerprint density at radius 1 is 0.529 bits per heavy atom. The molecule has 2 aromatic carbocycles. The van der Waals surface area contributed by atoms with Gasteiger partial charge in [-0.3, -0.25) is 5.84 Å². The first-order valence-corrected chi connectivity index (χ1v) is 12.4. The van der Waals surface area contributed by atoms with Crippen molar-refractivity contribution in [3.63, 3.8) is 0 Å². The zero-order valence-electron chi connectivity index (χ0n) is 23.6. The van der Waals surface area contributed by atoms with E-state index in [0.29, 0.717) is 24.6 Å². The number of phenolic OH excluding ortho intramolecular Hbond substituents is 2. The highest BCUT2D eigenvalue weighted by Crippen LogP contribution is 2.41. The summed E-state index contributed by atoms with van der Waals surface area (Å²) in [5, 5.41) is 23.9. The molecule has 0 aliphatic carbocycles. The number of aromatic hydroxyl groups is 2. The van der Waals surface area contributed by atoms with Crippen LogP contribution in [0.25, 0.3) is 0 Å². The normalized spacial score (nSPS) is 13.6. The van der Waals surface area contributed by atoms with Crippen molar-refractivity contribution in [2.24, 2.45) is 5.84 Å². The molecule has 190 valence electrons. The molecule has 34 heavy (non-hydrogen) atoms. The van der Waals surface area contributed by atoms with E-state index in [1.54, 1.807) is 0 Å². The van der Waals surface area contributed by atoms with Crippen LogP contribution in [-0.2, 0) is 34.7 Å². The fraction of sp³-hybridized carbons (Fsp3) is 0.600. The highest BCUT2D eigenvalue weighted by Gasteiger charge is 2.28. The molecule has 2 rings (SSSR count). The molecule has 0 fully saturated rings. The molecule has 4 nitrogen and oxygen atoms in total. The summed E-state index contributed by atoms with van der Waals surface area (Å²) in [5.41, 5.74) is 5.22. The average molecular weight is 469 g/mol. The predicted octanol–water partition coefficient (Wildman–Crippen LogP) is 7.16. The summed E-state index contributed by atoms with van der Waals surface area (Å²) in [6.07, 6.45) is 0. The Morgan fingerprint density at radius 3 is 0.912 bits per heavy atom. The molecule has 0 atom stereocenters. The molecule has 0 spiro atoms. The van der Waals surface area contributed by atoms with E-state index in [-0.39, 0.29) is 21.7 Å². The first kappa shape index (κ1) is 28.2. The van der Waals surface area contributed by atoms with Crippen molar-refractivity contribution in [2.75, 3.05) is 0 Å². The number of phenols is 2. The van der Waals surface area contributed by atoms with Gasteiger partial charge in [-0.1, -0.05) is 107 Å². The van der Waals surface area contributed by atoms with E-state index in [9.17, 15) is 10.2 Å². The van der Waals surface area contributed by atoms with Crippen LogP contribution in [0, 0.1) is 0 Å². The molecule has 0 amide bonds. The third kappa shape index (κ3) is 6.55. The fourth-order valence-electron chi connectivity index (χ4n) is 4.38. The van der Waals surface area contributed by atoms with Gasteiger partial charge in [0.15, 0.2) is 0 Å². The third-order valence-electron chi connectivity index (χ3n) is 6.34. The van der Waals surface area contributed by atoms with E-state index in [4.69, 9.17) is 5.84 Å². The maximum Gasteiger partial charge on any atom is 0.123 e. The fourth-order valence-corrected chi connectivity index (χ4v) is 4.38. The first-order chi connectivity index (χ1) is 15.1. The van der Waals surface area contributed by atoms with Crippen molar-refractivity contribution in [3.05, 3.63) is 57.6 Å². The van der Waals surface area contributed by atoms with Crippen LogP contribution in [0.4, 0.5) is 0 Å². The lowest BCUT2D eigenvalue weighted by Crippen LogP contribution is -2.31. The first-order valence-electron chi connectivity index (χ1n) is 12.4. The molecule has 0 bridgehead atoms. The predicted molar refractivity (Wildman–Crippen MR) is 144 cm³/mol. The van der Waals surface area contributed by atoms with Crippen LogP contribution in [0.15, 0.2) is 24.3 Å². The lowest BCUT2D eigenvalue weighted by molar-refractivity contribution is 0.264. The van der Waals surface area contributed by atoms with Gasteiger partial charge >= 0.3 is 0 Å². The number of hydrogen-bond donors (Lipinski definition) is 3. The van der Waals surface area contributed by atoms with Gasteiger partial charge in [-0.15, -0.1) is 0 Å². The van der Waals surface area contributed by atoms with Crippen molar-refractivity contribution in [1.29, 1.82) is 0 Å². The van der Waals surface area contributed by atoms with E-state index >= 15 is 0 Å². The molecule has 0 aliphatic rings. The van der Waals surface area contributed by atoms with Crippen molar-refractivity contribution in [1.82, 2.24) is 5.01 Å². The average Bonchev–Trinajstić information content (AvgIpc) is 2.60. The number of nitrogens with zero attached hydrogens (tertiary/aromatic N) is 1. The minimum Gasteiger partial charge on any atom is -0.507 e. The Morgan fingerprint density at radius 2 is 0.735 bits per heavy atom. The van der Waals surface area contributed by atoms with Crippen molar-refractivity contribution in [2.45, 2.75) is 118 Å². The van der Waals surface area contributed by atoms with Gasteiger partial charge in [0, 0.05) is 13.1 Å². The van der Waals surface area contributed by atoms with Crippen molar-refractivity contribution >= 4 is 0 Å². The Bertz CT molecular complexity index is 872. The Hall–Kier alpha value is -2.04. The SMILES string of the molecule is CC(C)(C)c1cc(CN(N)Cc2cc(C(C)(C)C)c(O)c(C(C)(C)C)c2)cc(C(C)(C)C)c1O. The van der Waals surface area contributed by atoms with E-state index < -0.39 is 0 Å². The smallest absolute Gasteiger partial charge is 0.123 e.